The number of carbonyl (C=O) groups is 1. The smallest absolute Gasteiger partial charge is 0.236 e. The van der Waals surface area contributed by atoms with Crippen LogP contribution in [0.15, 0.2) is 0 Å². The molecule has 4 nitrogen and oxygen atoms in total. The number of rotatable bonds is 8. The largest absolute Gasteiger partial charge is 0.383 e. The average Bonchev–Trinajstić information content (AvgIpc) is 2.25. The lowest BCUT2D eigenvalue weighted by Crippen LogP contribution is -2.44. The van der Waals surface area contributed by atoms with E-state index in [1.807, 2.05) is 6.92 Å². The Labute approximate surface area is 92.8 Å². The summed E-state index contributed by atoms with van der Waals surface area (Å²) in [4.78, 5) is 11.5. The van der Waals surface area contributed by atoms with Crippen molar-refractivity contribution in [3.05, 3.63) is 0 Å². The highest BCUT2D eigenvalue weighted by Crippen LogP contribution is 1.98. The molecule has 0 rings (SSSR count). The molecule has 0 spiro atoms. The lowest BCUT2D eigenvalue weighted by atomic mass is 10.1. The molecule has 2 atom stereocenters. The molecule has 4 heteroatoms. The molecule has 0 fully saturated rings. The lowest BCUT2D eigenvalue weighted by Gasteiger charge is -2.16. The van der Waals surface area contributed by atoms with Gasteiger partial charge in [0.1, 0.15) is 0 Å². The van der Waals surface area contributed by atoms with Crippen molar-refractivity contribution in [3.63, 3.8) is 0 Å². The normalized spacial score (nSPS) is 14.7. The Kier molecular flexibility index (Phi) is 8.33. The quantitative estimate of drug-likeness (QED) is 0.589. The van der Waals surface area contributed by atoms with E-state index in [2.05, 4.69) is 24.5 Å². The van der Waals surface area contributed by atoms with E-state index in [0.717, 1.165) is 13.0 Å². The van der Waals surface area contributed by atoms with Gasteiger partial charge in [0.05, 0.1) is 12.6 Å². The van der Waals surface area contributed by atoms with Crippen LogP contribution in [0.4, 0.5) is 0 Å². The summed E-state index contributed by atoms with van der Waals surface area (Å²) in [5, 5.41) is 6.01. The fourth-order valence-electron chi connectivity index (χ4n) is 1.04. The van der Waals surface area contributed by atoms with Crippen molar-refractivity contribution in [1.82, 2.24) is 10.6 Å². The number of ether oxygens (including phenoxy) is 1. The van der Waals surface area contributed by atoms with Gasteiger partial charge in [-0.25, -0.2) is 0 Å². The van der Waals surface area contributed by atoms with E-state index >= 15 is 0 Å². The Balaban J connectivity index is 3.60. The Morgan fingerprint density at radius 3 is 2.60 bits per heavy atom. The van der Waals surface area contributed by atoms with E-state index in [9.17, 15) is 4.79 Å². The molecule has 0 saturated carbocycles. The van der Waals surface area contributed by atoms with Crippen LogP contribution in [0.2, 0.25) is 0 Å². The van der Waals surface area contributed by atoms with E-state index in [1.54, 1.807) is 7.11 Å². The Morgan fingerprint density at radius 2 is 2.07 bits per heavy atom. The fraction of sp³-hybridized carbons (Fsp3) is 0.909. The van der Waals surface area contributed by atoms with Gasteiger partial charge in [0, 0.05) is 13.7 Å². The van der Waals surface area contributed by atoms with E-state index in [1.165, 1.54) is 0 Å². The number of hydrogen-bond acceptors (Lipinski definition) is 3. The van der Waals surface area contributed by atoms with Gasteiger partial charge in [-0.2, -0.15) is 0 Å². The standard InChI is InChI=1S/C11H24N2O2/c1-5-9(2)8-13-10(3)11(14)12-6-7-15-4/h9-10,13H,5-8H2,1-4H3,(H,12,14). The third kappa shape index (κ3) is 7.33. The van der Waals surface area contributed by atoms with Gasteiger partial charge in [0.15, 0.2) is 0 Å². The first-order valence-corrected chi connectivity index (χ1v) is 5.61. The summed E-state index contributed by atoms with van der Waals surface area (Å²) >= 11 is 0. The topological polar surface area (TPSA) is 50.4 Å². The first kappa shape index (κ1) is 14.4. The summed E-state index contributed by atoms with van der Waals surface area (Å²) in [6, 6.07) is -0.129. The van der Waals surface area contributed by atoms with Crippen LogP contribution in [0, 0.1) is 5.92 Å². The van der Waals surface area contributed by atoms with Gasteiger partial charge in [-0.15, -0.1) is 0 Å². The Bertz CT molecular complexity index is 174. The molecule has 90 valence electrons. The second-order valence-electron chi connectivity index (χ2n) is 3.93. The van der Waals surface area contributed by atoms with Crippen LogP contribution in [0.5, 0.6) is 0 Å². The molecule has 2 N–H and O–H groups in total. The van der Waals surface area contributed by atoms with Crippen LogP contribution in [0.3, 0.4) is 0 Å². The molecule has 0 heterocycles. The number of amides is 1. The molecule has 0 saturated heterocycles. The maximum absolute atomic E-state index is 11.5. The third-order valence-corrected chi connectivity index (χ3v) is 2.47. The van der Waals surface area contributed by atoms with Crippen LogP contribution in [-0.2, 0) is 9.53 Å². The molecule has 0 aromatic carbocycles. The van der Waals surface area contributed by atoms with E-state index in [0.29, 0.717) is 19.1 Å². The number of hydrogen-bond donors (Lipinski definition) is 2. The van der Waals surface area contributed by atoms with E-state index in [-0.39, 0.29) is 11.9 Å². The number of nitrogens with one attached hydrogen (secondary N) is 2. The molecular formula is C11H24N2O2. The van der Waals surface area contributed by atoms with Gasteiger partial charge in [-0.3, -0.25) is 4.79 Å². The summed E-state index contributed by atoms with van der Waals surface area (Å²) in [7, 11) is 1.62. The highest BCUT2D eigenvalue weighted by molar-refractivity contribution is 5.81. The van der Waals surface area contributed by atoms with Crippen molar-refractivity contribution in [1.29, 1.82) is 0 Å². The molecule has 0 aliphatic carbocycles. The lowest BCUT2D eigenvalue weighted by molar-refractivity contribution is -0.122. The van der Waals surface area contributed by atoms with Gasteiger partial charge in [-0.05, 0) is 19.4 Å². The predicted octanol–water partition coefficient (Wildman–Crippen LogP) is 0.773. The highest BCUT2D eigenvalue weighted by atomic mass is 16.5. The van der Waals surface area contributed by atoms with Crippen LogP contribution in [-0.4, -0.2) is 38.8 Å². The van der Waals surface area contributed by atoms with Gasteiger partial charge in [0.25, 0.3) is 0 Å². The number of carbonyl (C=O) groups excluding carboxylic acids is 1. The molecular weight excluding hydrogens is 192 g/mol. The average molecular weight is 216 g/mol. The second kappa shape index (κ2) is 8.68. The summed E-state index contributed by atoms with van der Waals surface area (Å²) < 4.78 is 4.85. The van der Waals surface area contributed by atoms with Crippen LogP contribution in [0.25, 0.3) is 0 Å². The first-order chi connectivity index (χ1) is 7.11. The predicted molar refractivity (Wildman–Crippen MR) is 61.8 cm³/mol. The molecule has 0 radical (unpaired) electrons. The summed E-state index contributed by atoms with van der Waals surface area (Å²) in [6.45, 7) is 8.21. The Hall–Kier alpha value is -0.610. The van der Waals surface area contributed by atoms with Crippen LogP contribution >= 0.6 is 0 Å². The minimum Gasteiger partial charge on any atom is -0.383 e. The fourth-order valence-corrected chi connectivity index (χ4v) is 1.04. The van der Waals surface area contributed by atoms with Crippen molar-refractivity contribution < 1.29 is 9.53 Å². The third-order valence-electron chi connectivity index (χ3n) is 2.47. The maximum Gasteiger partial charge on any atom is 0.236 e. The summed E-state index contributed by atoms with van der Waals surface area (Å²) in [6.07, 6.45) is 1.13. The first-order valence-electron chi connectivity index (χ1n) is 5.61. The van der Waals surface area contributed by atoms with Crippen molar-refractivity contribution in [2.45, 2.75) is 33.2 Å². The SMILES string of the molecule is CCC(C)CNC(C)C(=O)NCCOC. The molecule has 2 unspecified atom stereocenters. The molecule has 0 bridgehead atoms. The summed E-state index contributed by atoms with van der Waals surface area (Å²) in [5.74, 6) is 0.648. The molecule has 0 aromatic heterocycles. The number of methoxy groups -OCH3 is 1. The van der Waals surface area contributed by atoms with E-state index < -0.39 is 0 Å². The monoisotopic (exact) mass is 216 g/mol. The molecule has 0 aliphatic heterocycles. The Morgan fingerprint density at radius 1 is 1.40 bits per heavy atom. The zero-order valence-electron chi connectivity index (χ0n) is 10.3. The van der Waals surface area contributed by atoms with Crippen LogP contribution < -0.4 is 10.6 Å². The van der Waals surface area contributed by atoms with Gasteiger partial charge >= 0.3 is 0 Å². The highest BCUT2D eigenvalue weighted by Gasteiger charge is 2.11. The zero-order chi connectivity index (χ0) is 11.7. The van der Waals surface area contributed by atoms with E-state index in [4.69, 9.17) is 4.74 Å². The molecule has 0 aromatic rings. The van der Waals surface area contributed by atoms with Crippen LogP contribution in [0.1, 0.15) is 27.2 Å². The van der Waals surface area contributed by atoms with Crippen molar-refractivity contribution in [2.24, 2.45) is 5.92 Å². The van der Waals surface area contributed by atoms with Crippen molar-refractivity contribution in [3.8, 4) is 0 Å². The van der Waals surface area contributed by atoms with Gasteiger partial charge in [0.2, 0.25) is 5.91 Å². The molecule has 15 heavy (non-hydrogen) atoms. The minimum atomic E-state index is -0.129. The van der Waals surface area contributed by atoms with Crippen molar-refractivity contribution >= 4 is 5.91 Å². The summed E-state index contributed by atoms with van der Waals surface area (Å²) in [5.41, 5.74) is 0. The van der Waals surface area contributed by atoms with Crippen molar-refractivity contribution in [2.75, 3.05) is 26.8 Å². The zero-order valence-corrected chi connectivity index (χ0v) is 10.3. The molecule has 0 aliphatic rings. The minimum absolute atomic E-state index is 0.0374. The molecule has 1 amide bonds. The maximum atomic E-state index is 11.5. The van der Waals surface area contributed by atoms with Gasteiger partial charge in [-0.1, -0.05) is 20.3 Å². The second-order valence-corrected chi connectivity index (χ2v) is 3.93. The van der Waals surface area contributed by atoms with Gasteiger partial charge < -0.3 is 15.4 Å².